The minimum atomic E-state index is -0.391. The highest BCUT2D eigenvalue weighted by molar-refractivity contribution is 5.36. The third kappa shape index (κ3) is 2.58. The third-order valence-electron chi connectivity index (χ3n) is 2.56. The Morgan fingerprint density at radius 2 is 2.24 bits per heavy atom. The molecule has 90 valence electrons. The average Bonchev–Trinajstić information content (AvgIpc) is 2.71. The second kappa shape index (κ2) is 4.90. The lowest BCUT2D eigenvalue weighted by atomic mass is 10.3. The van der Waals surface area contributed by atoms with Crippen molar-refractivity contribution in [3.63, 3.8) is 0 Å². The Labute approximate surface area is 98.7 Å². The minimum absolute atomic E-state index is 0.250. The zero-order valence-electron chi connectivity index (χ0n) is 9.81. The Morgan fingerprint density at radius 1 is 1.41 bits per heavy atom. The van der Waals surface area contributed by atoms with E-state index in [-0.39, 0.29) is 5.82 Å². The SMILES string of the molecule is Cc1ncnc(NCCc2ccnn2C)c1F. The third-order valence-corrected chi connectivity index (χ3v) is 2.56. The van der Waals surface area contributed by atoms with Crippen LogP contribution in [0.5, 0.6) is 0 Å². The fourth-order valence-electron chi connectivity index (χ4n) is 1.54. The highest BCUT2D eigenvalue weighted by Gasteiger charge is 2.06. The van der Waals surface area contributed by atoms with Crippen molar-refractivity contribution in [2.45, 2.75) is 13.3 Å². The zero-order chi connectivity index (χ0) is 12.3. The first-order valence-electron chi connectivity index (χ1n) is 5.36. The quantitative estimate of drug-likeness (QED) is 0.868. The van der Waals surface area contributed by atoms with Crippen molar-refractivity contribution in [1.82, 2.24) is 19.7 Å². The van der Waals surface area contributed by atoms with Crippen molar-refractivity contribution >= 4 is 5.82 Å². The molecule has 0 radical (unpaired) electrons. The number of aryl methyl sites for hydroxylation is 2. The first-order valence-corrected chi connectivity index (χ1v) is 5.36. The fourth-order valence-corrected chi connectivity index (χ4v) is 1.54. The molecule has 1 N–H and O–H groups in total. The molecule has 0 unspecified atom stereocenters. The maximum Gasteiger partial charge on any atom is 0.186 e. The second-order valence-electron chi connectivity index (χ2n) is 3.74. The normalized spacial score (nSPS) is 10.5. The summed E-state index contributed by atoms with van der Waals surface area (Å²) in [7, 11) is 1.88. The number of rotatable bonds is 4. The molecule has 0 saturated heterocycles. The van der Waals surface area contributed by atoms with E-state index in [0.717, 1.165) is 12.1 Å². The Kier molecular flexibility index (Phi) is 3.32. The van der Waals surface area contributed by atoms with Gasteiger partial charge in [-0.3, -0.25) is 4.68 Å². The second-order valence-corrected chi connectivity index (χ2v) is 3.74. The van der Waals surface area contributed by atoms with Crippen molar-refractivity contribution in [1.29, 1.82) is 0 Å². The summed E-state index contributed by atoms with van der Waals surface area (Å²) >= 11 is 0. The molecule has 2 heterocycles. The molecule has 0 aliphatic rings. The molecule has 2 aromatic rings. The summed E-state index contributed by atoms with van der Waals surface area (Å²) in [5.74, 6) is -0.142. The molecule has 17 heavy (non-hydrogen) atoms. The average molecular weight is 235 g/mol. The monoisotopic (exact) mass is 235 g/mol. The summed E-state index contributed by atoms with van der Waals surface area (Å²) in [6.45, 7) is 2.22. The van der Waals surface area contributed by atoms with E-state index in [1.54, 1.807) is 17.8 Å². The number of nitrogens with one attached hydrogen (secondary N) is 1. The van der Waals surface area contributed by atoms with Gasteiger partial charge in [-0.1, -0.05) is 0 Å². The highest BCUT2D eigenvalue weighted by Crippen LogP contribution is 2.11. The van der Waals surface area contributed by atoms with Gasteiger partial charge in [0.05, 0.1) is 5.69 Å². The predicted octanol–water partition coefficient (Wildman–Crippen LogP) is 1.31. The number of aromatic nitrogens is 4. The maximum absolute atomic E-state index is 13.5. The van der Waals surface area contributed by atoms with E-state index in [4.69, 9.17) is 0 Å². The number of anilines is 1. The summed E-state index contributed by atoms with van der Waals surface area (Å²) in [5.41, 5.74) is 1.44. The van der Waals surface area contributed by atoms with Gasteiger partial charge in [0, 0.05) is 31.9 Å². The van der Waals surface area contributed by atoms with Crippen LogP contribution in [0.15, 0.2) is 18.6 Å². The van der Waals surface area contributed by atoms with Gasteiger partial charge >= 0.3 is 0 Å². The smallest absolute Gasteiger partial charge is 0.186 e. The number of halogens is 1. The van der Waals surface area contributed by atoms with Crippen LogP contribution in [0.4, 0.5) is 10.2 Å². The highest BCUT2D eigenvalue weighted by atomic mass is 19.1. The Hall–Kier alpha value is -1.98. The van der Waals surface area contributed by atoms with Crippen LogP contribution in [0, 0.1) is 12.7 Å². The van der Waals surface area contributed by atoms with Gasteiger partial charge in [-0.2, -0.15) is 5.10 Å². The summed E-state index contributed by atoms with van der Waals surface area (Å²) in [6.07, 6.45) is 3.86. The molecule has 0 fully saturated rings. The van der Waals surface area contributed by atoms with E-state index < -0.39 is 5.82 Å². The standard InChI is InChI=1S/C11H14FN5/c1-8-10(12)11(15-7-14-8)13-5-3-9-4-6-16-17(9)2/h4,6-7H,3,5H2,1-2H3,(H,13,14,15). The largest absolute Gasteiger partial charge is 0.367 e. The van der Waals surface area contributed by atoms with Crippen molar-refractivity contribution in [3.05, 3.63) is 35.8 Å². The number of hydrogen-bond acceptors (Lipinski definition) is 4. The molecule has 0 bridgehead atoms. The molecule has 0 atom stereocenters. The molecule has 5 nitrogen and oxygen atoms in total. The molecule has 0 spiro atoms. The van der Waals surface area contributed by atoms with Crippen molar-refractivity contribution < 1.29 is 4.39 Å². The van der Waals surface area contributed by atoms with Gasteiger partial charge in [-0.15, -0.1) is 0 Å². The zero-order valence-corrected chi connectivity index (χ0v) is 9.81. The molecule has 0 amide bonds. The summed E-state index contributed by atoms with van der Waals surface area (Å²) in [5, 5.41) is 7.02. The van der Waals surface area contributed by atoms with Crippen LogP contribution in [0.3, 0.4) is 0 Å². The molecule has 2 rings (SSSR count). The van der Waals surface area contributed by atoms with Crippen molar-refractivity contribution in [2.75, 3.05) is 11.9 Å². The molecular weight excluding hydrogens is 221 g/mol. The molecular formula is C11H14FN5. The van der Waals surface area contributed by atoms with Crippen LogP contribution in [-0.2, 0) is 13.5 Å². The van der Waals surface area contributed by atoms with Crippen LogP contribution in [0.1, 0.15) is 11.4 Å². The minimum Gasteiger partial charge on any atom is -0.367 e. The van der Waals surface area contributed by atoms with Crippen LogP contribution < -0.4 is 5.32 Å². The molecule has 2 aromatic heterocycles. The van der Waals surface area contributed by atoms with E-state index in [9.17, 15) is 4.39 Å². The van der Waals surface area contributed by atoms with E-state index in [1.165, 1.54) is 6.33 Å². The Morgan fingerprint density at radius 3 is 2.94 bits per heavy atom. The molecule has 0 aromatic carbocycles. The van der Waals surface area contributed by atoms with Gasteiger partial charge in [0.15, 0.2) is 11.6 Å². The summed E-state index contributed by atoms with van der Waals surface area (Å²) in [4.78, 5) is 7.63. The van der Waals surface area contributed by atoms with Gasteiger partial charge in [-0.05, 0) is 13.0 Å². The lowest BCUT2D eigenvalue weighted by Crippen LogP contribution is -2.11. The van der Waals surface area contributed by atoms with E-state index >= 15 is 0 Å². The molecule has 0 saturated carbocycles. The number of hydrogen-bond donors (Lipinski definition) is 1. The van der Waals surface area contributed by atoms with Gasteiger partial charge < -0.3 is 5.32 Å². The van der Waals surface area contributed by atoms with Gasteiger partial charge in [0.25, 0.3) is 0 Å². The topological polar surface area (TPSA) is 55.6 Å². The van der Waals surface area contributed by atoms with Crippen LogP contribution >= 0.6 is 0 Å². The first-order chi connectivity index (χ1) is 8.18. The van der Waals surface area contributed by atoms with Gasteiger partial charge in [-0.25, -0.2) is 14.4 Å². The summed E-state index contributed by atoms with van der Waals surface area (Å²) < 4.78 is 15.3. The van der Waals surface area contributed by atoms with E-state index in [2.05, 4.69) is 20.4 Å². The van der Waals surface area contributed by atoms with E-state index in [1.807, 2.05) is 13.1 Å². The molecule has 0 aliphatic carbocycles. The maximum atomic E-state index is 13.5. The Balaban J connectivity index is 1.95. The van der Waals surface area contributed by atoms with Crippen LogP contribution in [-0.4, -0.2) is 26.3 Å². The lowest BCUT2D eigenvalue weighted by molar-refractivity contribution is 0.604. The molecule has 6 heteroatoms. The molecule has 0 aliphatic heterocycles. The van der Waals surface area contributed by atoms with Gasteiger partial charge in [0.2, 0.25) is 0 Å². The first kappa shape index (κ1) is 11.5. The number of nitrogens with zero attached hydrogens (tertiary/aromatic N) is 4. The van der Waals surface area contributed by atoms with Crippen molar-refractivity contribution in [3.8, 4) is 0 Å². The predicted molar refractivity (Wildman–Crippen MR) is 62.1 cm³/mol. The van der Waals surface area contributed by atoms with Crippen LogP contribution in [0.2, 0.25) is 0 Å². The summed E-state index contributed by atoms with van der Waals surface area (Å²) in [6, 6.07) is 1.93. The Bertz CT molecular complexity index is 508. The lowest BCUT2D eigenvalue weighted by Gasteiger charge is -2.07. The fraction of sp³-hybridized carbons (Fsp3) is 0.364. The van der Waals surface area contributed by atoms with Gasteiger partial charge in [0.1, 0.15) is 6.33 Å². The van der Waals surface area contributed by atoms with E-state index in [0.29, 0.717) is 12.2 Å². The van der Waals surface area contributed by atoms with Crippen molar-refractivity contribution in [2.24, 2.45) is 7.05 Å². The van der Waals surface area contributed by atoms with Crippen LogP contribution in [0.25, 0.3) is 0 Å².